The van der Waals surface area contributed by atoms with E-state index >= 15 is 0 Å². The number of rotatable bonds is 2. The third kappa shape index (κ3) is 2.21. The Bertz CT molecular complexity index is 417. The molecule has 2 rings (SSSR count). The van der Waals surface area contributed by atoms with Crippen molar-refractivity contribution >= 4 is 0 Å². The van der Waals surface area contributed by atoms with Crippen LogP contribution in [-0.2, 0) is 4.74 Å². The van der Waals surface area contributed by atoms with Crippen LogP contribution >= 0.6 is 0 Å². The molecule has 0 saturated carbocycles. The molecule has 1 aliphatic rings. The first-order valence-electron chi connectivity index (χ1n) is 5.52. The zero-order valence-electron chi connectivity index (χ0n) is 9.92. The summed E-state index contributed by atoms with van der Waals surface area (Å²) in [5.41, 5.74) is 1.17. The number of hydrogen-bond donors (Lipinski definition) is 2. The van der Waals surface area contributed by atoms with Crippen LogP contribution in [0.2, 0.25) is 0 Å². The Hall–Kier alpha value is -1.33. The van der Waals surface area contributed by atoms with Crippen LogP contribution in [0.5, 0.6) is 11.5 Å². The zero-order chi connectivity index (χ0) is 12.4. The molecule has 0 aliphatic carbocycles. The number of nitrogens with one attached hydrogen (secondary N) is 1. The van der Waals surface area contributed by atoms with Crippen molar-refractivity contribution in [2.75, 3.05) is 26.9 Å². The smallest absolute Gasteiger partial charge is 0.207 e. The predicted octanol–water partition coefficient (Wildman–Crippen LogP) is 1.51. The fourth-order valence-electron chi connectivity index (χ4n) is 2.06. The normalized spacial score (nSPS) is 20.3. The van der Waals surface area contributed by atoms with E-state index < -0.39 is 5.82 Å². The molecule has 1 atom stereocenters. The molecule has 1 saturated heterocycles. The Kier molecular flexibility index (Phi) is 3.49. The molecule has 1 aliphatic heterocycles. The van der Waals surface area contributed by atoms with Gasteiger partial charge in [-0.05, 0) is 18.6 Å². The number of benzene rings is 1. The molecule has 0 radical (unpaired) electrons. The molecule has 0 spiro atoms. The van der Waals surface area contributed by atoms with Gasteiger partial charge in [0.2, 0.25) is 5.82 Å². The maximum Gasteiger partial charge on any atom is 0.207 e. The van der Waals surface area contributed by atoms with Gasteiger partial charge in [0.1, 0.15) is 0 Å². The van der Waals surface area contributed by atoms with Gasteiger partial charge in [-0.3, -0.25) is 0 Å². The number of aromatic hydroxyl groups is 1. The lowest BCUT2D eigenvalue weighted by Crippen LogP contribution is -2.34. The van der Waals surface area contributed by atoms with Gasteiger partial charge in [0, 0.05) is 12.1 Å². The lowest BCUT2D eigenvalue weighted by molar-refractivity contribution is 0.0758. The average molecular weight is 241 g/mol. The number of methoxy groups -OCH3 is 1. The second-order valence-electron chi connectivity index (χ2n) is 4.06. The fraction of sp³-hybridized carbons (Fsp3) is 0.500. The predicted molar refractivity (Wildman–Crippen MR) is 60.9 cm³/mol. The number of aryl methyl sites for hydroxylation is 1. The summed E-state index contributed by atoms with van der Waals surface area (Å²) < 4.78 is 24.0. The van der Waals surface area contributed by atoms with Crippen molar-refractivity contribution in [3.8, 4) is 11.5 Å². The van der Waals surface area contributed by atoms with Gasteiger partial charge >= 0.3 is 0 Å². The second-order valence-corrected chi connectivity index (χ2v) is 4.06. The Morgan fingerprint density at radius 2 is 2.35 bits per heavy atom. The number of ether oxygens (including phenoxy) is 2. The van der Waals surface area contributed by atoms with E-state index in [2.05, 4.69) is 5.32 Å². The maximum absolute atomic E-state index is 13.8. The summed E-state index contributed by atoms with van der Waals surface area (Å²) in [5, 5.41) is 13.0. The van der Waals surface area contributed by atoms with Crippen molar-refractivity contribution in [3.05, 3.63) is 23.0 Å². The lowest BCUT2D eigenvalue weighted by Gasteiger charge is -2.25. The molecule has 17 heavy (non-hydrogen) atoms. The highest BCUT2D eigenvalue weighted by molar-refractivity contribution is 5.48. The van der Waals surface area contributed by atoms with Crippen LogP contribution in [-0.4, -0.2) is 32.0 Å². The lowest BCUT2D eigenvalue weighted by atomic mass is 10.0. The molecule has 2 N–H and O–H groups in total. The summed E-state index contributed by atoms with van der Waals surface area (Å²) in [6.07, 6.45) is 0. The van der Waals surface area contributed by atoms with E-state index in [1.807, 2.05) is 0 Å². The van der Waals surface area contributed by atoms with E-state index in [0.29, 0.717) is 30.9 Å². The van der Waals surface area contributed by atoms with E-state index in [4.69, 9.17) is 9.47 Å². The van der Waals surface area contributed by atoms with Crippen LogP contribution in [0.25, 0.3) is 0 Å². The number of phenolic OH excluding ortho intramolecular Hbond substituents is 1. The minimum absolute atomic E-state index is 0.0861. The third-order valence-corrected chi connectivity index (χ3v) is 2.91. The largest absolute Gasteiger partial charge is 0.504 e. The summed E-state index contributed by atoms with van der Waals surface area (Å²) in [6, 6.07) is 1.55. The molecule has 0 bridgehead atoms. The number of halogens is 1. The summed E-state index contributed by atoms with van der Waals surface area (Å²) in [5.74, 6) is -0.992. The van der Waals surface area contributed by atoms with Crippen LogP contribution < -0.4 is 10.1 Å². The topological polar surface area (TPSA) is 50.7 Å². The Morgan fingerprint density at radius 1 is 1.59 bits per heavy atom. The van der Waals surface area contributed by atoms with Gasteiger partial charge in [-0.1, -0.05) is 0 Å². The summed E-state index contributed by atoms with van der Waals surface area (Å²) in [6.45, 7) is 3.50. The maximum atomic E-state index is 13.8. The van der Waals surface area contributed by atoms with Gasteiger partial charge in [0.25, 0.3) is 0 Å². The van der Waals surface area contributed by atoms with Crippen molar-refractivity contribution in [2.45, 2.75) is 13.0 Å². The summed E-state index contributed by atoms with van der Waals surface area (Å²) >= 11 is 0. The van der Waals surface area contributed by atoms with Gasteiger partial charge in [-0.2, -0.15) is 4.39 Å². The molecule has 1 aromatic carbocycles. The number of morpholine rings is 1. The molecule has 0 aromatic heterocycles. The first-order valence-corrected chi connectivity index (χ1v) is 5.52. The van der Waals surface area contributed by atoms with Crippen LogP contribution in [0, 0.1) is 12.7 Å². The highest BCUT2D eigenvalue weighted by atomic mass is 19.1. The number of phenols is 1. The zero-order valence-corrected chi connectivity index (χ0v) is 9.92. The van der Waals surface area contributed by atoms with Crippen LogP contribution in [0.3, 0.4) is 0 Å². The van der Waals surface area contributed by atoms with Gasteiger partial charge in [0.15, 0.2) is 11.5 Å². The quantitative estimate of drug-likeness (QED) is 0.824. The second kappa shape index (κ2) is 4.89. The molecule has 1 heterocycles. The molecule has 1 fully saturated rings. The molecule has 5 heteroatoms. The van der Waals surface area contributed by atoms with Crippen molar-refractivity contribution in [3.63, 3.8) is 0 Å². The van der Waals surface area contributed by atoms with Crippen molar-refractivity contribution in [1.82, 2.24) is 5.32 Å². The highest BCUT2D eigenvalue weighted by Crippen LogP contribution is 2.36. The van der Waals surface area contributed by atoms with Crippen molar-refractivity contribution in [2.24, 2.45) is 0 Å². The monoisotopic (exact) mass is 241 g/mol. The molecule has 0 amide bonds. The molecule has 4 nitrogen and oxygen atoms in total. The Balaban J connectivity index is 2.40. The van der Waals surface area contributed by atoms with Gasteiger partial charge in [-0.15, -0.1) is 0 Å². The van der Waals surface area contributed by atoms with E-state index in [9.17, 15) is 9.50 Å². The average Bonchev–Trinajstić information content (AvgIpc) is 2.35. The van der Waals surface area contributed by atoms with E-state index in [1.165, 1.54) is 7.11 Å². The number of hydrogen-bond acceptors (Lipinski definition) is 4. The van der Waals surface area contributed by atoms with Crippen molar-refractivity contribution < 1.29 is 19.0 Å². The molecular formula is C12H16FNO3. The first kappa shape index (κ1) is 12.1. The molecule has 94 valence electrons. The van der Waals surface area contributed by atoms with Gasteiger partial charge < -0.3 is 19.9 Å². The standard InChI is InChI=1S/C12H16FNO3/c1-7-5-8(9-6-17-4-3-14-9)11(15)10(13)12(7)16-2/h5,9,14-15H,3-4,6H2,1-2H3. The van der Waals surface area contributed by atoms with Gasteiger partial charge in [-0.25, -0.2) is 0 Å². The van der Waals surface area contributed by atoms with E-state index in [1.54, 1.807) is 13.0 Å². The highest BCUT2D eigenvalue weighted by Gasteiger charge is 2.24. The van der Waals surface area contributed by atoms with E-state index in [-0.39, 0.29) is 17.5 Å². The van der Waals surface area contributed by atoms with Crippen LogP contribution in [0.4, 0.5) is 4.39 Å². The van der Waals surface area contributed by atoms with Crippen LogP contribution in [0.1, 0.15) is 17.2 Å². The van der Waals surface area contributed by atoms with Gasteiger partial charge in [0.05, 0.1) is 26.4 Å². The van der Waals surface area contributed by atoms with E-state index in [0.717, 1.165) is 0 Å². The minimum Gasteiger partial charge on any atom is -0.504 e. The molecule has 1 unspecified atom stereocenters. The summed E-state index contributed by atoms with van der Waals surface area (Å²) in [4.78, 5) is 0. The SMILES string of the molecule is COc1c(C)cc(C2COCCN2)c(O)c1F. The summed E-state index contributed by atoms with van der Waals surface area (Å²) in [7, 11) is 1.38. The Labute approximate surface area is 99.4 Å². The molecular weight excluding hydrogens is 225 g/mol. The minimum atomic E-state index is -0.713. The fourth-order valence-corrected chi connectivity index (χ4v) is 2.06. The Morgan fingerprint density at radius 3 is 2.94 bits per heavy atom. The van der Waals surface area contributed by atoms with Crippen molar-refractivity contribution in [1.29, 1.82) is 0 Å². The first-order chi connectivity index (χ1) is 8.15. The molecule has 1 aromatic rings. The van der Waals surface area contributed by atoms with Crippen LogP contribution in [0.15, 0.2) is 6.07 Å². The third-order valence-electron chi connectivity index (χ3n) is 2.91.